The maximum atomic E-state index is 12.1. The fraction of sp³-hybridized carbons (Fsp3) is 0.357. The Morgan fingerprint density at radius 3 is 2.33 bits per heavy atom. The molecule has 0 radical (unpaired) electrons. The molecule has 2 atom stereocenters. The van der Waals surface area contributed by atoms with Crippen LogP contribution in [0.2, 0.25) is 0 Å². The Morgan fingerprint density at radius 1 is 1.19 bits per heavy atom. The molecule has 21 heavy (non-hydrogen) atoms. The summed E-state index contributed by atoms with van der Waals surface area (Å²) in [6.45, 7) is 1.34. The number of carbonyl (C=O) groups is 3. The summed E-state index contributed by atoms with van der Waals surface area (Å²) in [5, 5.41) is 19.7. The Labute approximate surface area is 121 Å². The summed E-state index contributed by atoms with van der Waals surface area (Å²) < 4.78 is 0. The first-order valence-corrected chi connectivity index (χ1v) is 6.44. The molecule has 2 amide bonds. The molecule has 0 bridgehead atoms. The second-order valence-corrected chi connectivity index (χ2v) is 4.69. The SMILES string of the molecule is C[C@H](NC(=O)[C@@H](CC(=O)NO)Cc1ccccc1)C(=O)O. The van der Waals surface area contributed by atoms with Gasteiger partial charge in [0.1, 0.15) is 6.04 Å². The highest BCUT2D eigenvalue weighted by molar-refractivity contribution is 5.88. The maximum absolute atomic E-state index is 12.1. The average molecular weight is 294 g/mol. The van der Waals surface area contributed by atoms with Crippen molar-refractivity contribution in [1.82, 2.24) is 10.8 Å². The first kappa shape index (κ1) is 16.6. The Morgan fingerprint density at radius 2 is 1.81 bits per heavy atom. The summed E-state index contributed by atoms with van der Waals surface area (Å²) in [4.78, 5) is 34.1. The smallest absolute Gasteiger partial charge is 0.325 e. The van der Waals surface area contributed by atoms with Gasteiger partial charge in [0.05, 0.1) is 5.92 Å². The number of carboxylic acids is 1. The molecule has 0 fully saturated rings. The van der Waals surface area contributed by atoms with E-state index in [1.165, 1.54) is 12.4 Å². The lowest BCUT2D eigenvalue weighted by atomic mass is 9.94. The number of carboxylic acid groups (broad SMARTS) is 1. The zero-order valence-electron chi connectivity index (χ0n) is 11.6. The van der Waals surface area contributed by atoms with Crippen molar-refractivity contribution in [2.24, 2.45) is 5.92 Å². The number of carbonyl (C=O) groups excluding carboxylic acids is 2. The molecule has 0 unspecified atom stereocenters. The molecule has 0 saturated carbocycles. The van der Waals surface area contributed by atoms with E-state index in [-0.39, 0.29) is 12.8 Å². The van der Waals surface area contributed by atoms with Gasteiger partial charge >= 0.3 is 5.97 Å². The van der Waals surface area contributed by atoms with Crippen LogP contribution in [0.5, 0.6) is 0 Å². The van der Waals surface area contributed by atoms with Gasteiger partial charge in [-0.25, -0.2) is 5.48 Å². The quantitative estimate of drug-likeness (QED) is 0.427. The minimum absolute atomic E-state index is 0.233. The Hall–Kier alpha value is -2.41. The van der Waals surface area contributed by atoms with Gasteiger partial charge in [0.2, 0.25) is 11.8 Å². The maximum Gasteiger partial charge on any atom is 0.325 e. The molecule has 7 heteroatoms. The van der Waals surface area contributed by atoms with Crippen LogP contribution in [0.25, 0.3) is 0 Å². The van der Waals surface area contributed by atoms with Crippen LogP contribution in [0.4, 0.5) is 0 Å². The summed E-state index contributed by atoms with van der Waals surface area (Å²) in [5.41, 5.74) is 2.32. The van der Waals surface area contributed by atoms with E-state index >= 15 is 0 Å². The number of hydroxylamine groups is 1. The number of hydrogen-bond donors (Lipinski definition) is 4. The largest absolute Gasteiger partial charge is 0.480 e. The Balaban J connectivity index is 2.78. The molecule has 0 saturated heterocycles. The molecule has 1 aromatic carbocycles. The summed E-state index contributed by atoms with van der Waals surface area (Å²) >= 11 is 0. The van der Waals surface area contributed by atoms with Crippen LogP contribution in [0, 0.1) is 5.92 Å². The predicted molar refractivity (Wildman–Crippen MR) is 73.4 cm³/mol. The molecule has 0 aliphatic rings. The van der Waals surface area contributed by atoms with Gasteiger partial charge < -0.3 is 10.4 Å². The van der Waals surface area contributed by atoms with Gasteiger partial charge in [-0.3, -0.25) is 19.6 Å². The molecule has 0 heterocycles. The topological polar surface area (TPSA) is 116 Å². The molecule has 4 N–H and O–H groups in total. The van der Waals surface area contributed by atoms with Gasteiger partial charge in [-0.2, -0.15) is 0 Å². The highest BCUT2D eigenvalue weighted by Crippen LogP contribution is 2.13. The zero-order chi connectivity index (χ0) is 15.8. The molecule has 0 aromatic heterocycles. The molecular weight excluding hydrogens is 276 g/mol. The zero-order valence-corrected chi connectivity index (χ0v) is 11.6. The van der Waals surface area contributed by atoms with Crippen molar-refractivity contribution in [2.75, 3.05) is 0 Å². The highest BCUT2D eigenvalue weighted by atomic mass is 16.5. The van der Waals surface area contributed by atoms with Crippen molar-refractivity contribution in [1.29, 1.82) is 0 Å². The van der Waals surface area contributed by atoms with Crippen LogP contribution in [-0.4, -0.2) is 34.1 Å². The summed E-state index contributed by atoms with van der Waals surface area (Å²) in [6, 6.07) is 7.99. The van der Waals surface area contributed by atoms with Crippen molar-refractivity contribution < 1.29 is 24.7 Å². The van der Waals surface area contributed by atoms with Crippen LogP contribution >= 0.6 is 0 Å². The van der Waals surface area contributed by atoms with Crippen LogP contribution in [0.3, 0.4) is 0 Å². The van der Waals surface area contributed by atoms with Crippen LogP contribution in [0.1, 0.15) is 18.9 Å². The van der Waals surface area contributed by atoms with Crippen molar-refractivity contribution in [3.05, 3.63) is 35.9 Å². The lowest BCUT2D eigenvalue weighted by molar-refractivity contribution is -0.142. The number of hydrogen-bond acceptors (Lipinski definition) is 4. The molecule has 1 rings (SSSR count). The van der Waals surface area contributed by atoms with Crippen molar-refractivity contribution in [2.45, 2.75) is 25.8 Å². The lowest BCUT2D eigenvalue weighted by Crippen LogP contribution is -2.43. The molecular formula is C14H18N2O5. The van der Waals surface area contributed by atoms with Crippen molar-refractivity contribution in [3.63, 3.8) is 0 Å². The average Bonchev–Trinajstić information content (AvgIpc) is 2.47. The molecule has 0 aliphatic carbocycles. The van der Waals surface area contributed by atoms with Crippen LogP contribution in [0.15, 0.2) is 30.3 Å². The number of nitrogens with one attached hydrogen (secondary N) is 2. The molecule has 0 spiro atoms. The predicted octanol–water partition coefficient (Wildman–Crippen LogP) is 0.330. The summed E-state index contributed by atoms with van der Waals surface area (Å²) in [7, 11) is 0. The van der Waals surface area contributed by atoms with Crippen molar-refractivity contribution >= 4 is 17.8 Å². The third-order valence-corrected chi connectivity index (χ3v) is 2.98. The fourth-order valence-corrected chi connectivity index (χ4v) is 1.82. The van der Waals surface area contributed by atoms with E-state index in [0.717, 1.165) is 5.56 Å². The van der Waals surface area contributed by atoms with E-state index in [1.54, 1.807) is 24.3 Å². The number of aliphatic carboxylic acids is 1. The van der Waals surface area contributed by atoms with Gasteiger partial charge in [-0.05, 0) is 18.9 Å². The number of amides is 2. The van der Waals surface area contributed by atoms with Gasteiger partial charge in [0.25, 0.3) is 0 Å². The Kier molecular flexibility index (Phi) is 6.35. The first-order valence-electron chi connectivity index (χ1n) is 6.44. The van der Waals surface area contributed by atoms with E-state index < -0.39 is 29.7 Å². The van der Waals surface area contributed by atoms with E-state index in [2.05, 4.69) is 5.32 Å². The van der Waals surface area contributed by atoms with E-state index in [4.69, 9.17) is 10.3 Å². The second-order valence-electron chi connectivity index (χ2n) is 4.69. The number of benzene rings is 1. The fourth-order valence-electron chi connectivity index (χ4n) is 1.82. The lowest BCUT2D eigenvalue weighted by Gasteiger charge is -2.18. The minimum Gasteiger partial charge on any atom is -0.480 e. The first-order chi connectivity index (χ1) is 9.93. The normalized spacial score (nSPS) is 13.0. The molecule has 7 nitrogen and oxygen atoms in total. The second kappa shape index (κ2) is 8.01. The molecule has 1 aromatic rings. The van der Waals surface area contributed by atoms with Crippen LogP contribution in [-0.2, 0) is 20.8 Å². The standard InChI is InChI=1S/C14H18N2O5/c1-9(14(19)20)15-13(18)11(8-12(17)16-21)7-10-5-3-2-4-6-10/h2-6,9,11,21H,7-8H2,1H3,(H,15,18)(H,16,17)(H,19,20)/t9-,11+/m0/s1. The minimum atomic E-state index is -1.16. The van der Waals surface area contributed by atoms with Gasteiger partial charge in [0, 0.05) is 6.42 Å². The van der Waals surface area contributed by atoms with Crippen LogP contribution < -0.4 is 10.8 Å². The molecule has 0 aliphatic heterocycles. The van der Waals surface area contributed by atoms with E-state index in [9.17, 15) is 14.4 Å². The third-order valence-electron chi connectivity index (χ3n) is 2.98. The van der Waals surface area contributed by atoms with Gasteiger partial charge in [-0.15, -0.1) is 0 Å². The highest BCUT2D eigenvalue weighted by Gasteiger charge is 2.25. The third kappa shape index (κ3) is 5.62. The number of rotatable bonds is 7. The van der Waals surface area contributed by atoms with E-state index in [0.29, 0.717) is 0 Å². The Bertz CT molecular complexity index is 503. The van der Waals surface area contributed by atoms with E-state index in [1.807, 2.05) is 6.07 Å². The van der Waals surface area contributed by atoms with Gasteiger partial charge in [-0.1, -0.05) is 30.3 Å². The monoisotopic (exact) mass is 294 g/mol. The molecule has 114 valence electrons. The van der Waals surface area contributed by atoms with Crippen molar-refractivity contribution in [3.8, 4) is 0 Å². The summed E-state index contributed by atoms with van der Waals surface area (Å²) in [6.07, 6.45) is 0.0377. The summed E-state index contributed by atoms with van der Waals surface area (Å²) in [5.74, 6) is -3.17. The van der Waals surface area contributed by atoms with Gasteiger partial charge in [0.15, 0.2) is 0 Å².